The van der Waals surface area contributed by atoms with Gasteiger partial charge in [0, 0.05) is 30.7 Å². The maximum absolute atomic E-state index is 11.9. The predicted octanol–water partition coefficient (Wildman–Crippen LogP) is 3.46. The van der Waals surface area contributed by atoms with Gasteiger partial charge in [-0.15, -0.1) is 0 Å². The molecule has 7 heteroatoms. The second-order valence-electron chi connectivity index (χ2n) is 5.02. The van der Waals surface area contributed by atoms with Gasteiger partial charge in [-0.25, -0.2) is 4.79 Å². The van der Waals surface area contributed by atoms with E-state index >= 15 is 0 Å². The van der Waals surface area contributed by atoms with Crippen LogP contribution in [0.2, 0.25) is 0 Å². The lowest BCUT2D eigenvalue weighted by atomic mass is 10.0. The Morgan fingerprint density at radius 2 is 2.32 bits per heavy atom. The van der Waals surface area contributed by atoms with E-state index in [-0.39, 0.29) is 5.97 Å². The summed E-state index contributed by atoms with van der Waals surface area (Å²) >= 11 is 0. The van der Waals surface area contributed by atoms with Crippen molar-refractivity contribution in [3.63, 3.8) is 0 Å². The van der Waals surface area contributed by atoms with Gasteiger partial charge in [0.1, 0.15) is 0 Å². The summed E-state index contributed by atoms with van der Waals surface area (Å²) in [6.45, 7) is 2.79. The van der Waals surface area contributed by atoms with Crippen LogP contribution in [0.4, 0.5) is 5.69 Å². The number of carbonyl (C=O) groups is 1. The number of methoxy groups -OCH3 is 1. The molecule has 7 nitrogen and oxygen atoms in total. The lowest BCUT2D eigenvalue weighted by Gasteiger charge is -2.44. The molecule has 1 aromatic rings. The van der Waals surface area contributed by atoms with E-state index in [2.05, 4.69) is 10.0 Å². The number of ether oxygens (including phenoxy) is 2. The molecule has 1 aliphatic heterocycles. The summed E-state index contributed by atoms with van der Waals surface area (Å²) in [6, 6.07) is 7.10. The van der Waals surface area contributed by atoms with Gasteiger partial charge in [-0.3, -0.25) is 0 Å². The zero-order chi connectivity index (χ0) is 16.0. The Kier molecular flexibility index (Phi) is 5.25. The smallest absolute Gasteiger partial charge is 0.338 e. The van der Waals surface area contributed by atoms with Crippen molar-refractivity contribution in [3.05, 3.63) is 40.3 Å². The third-order valence-electron chi connectivity index (χ3n) is 3.75. The Balaban J connectivity index is 2.37. The van der Waals surface area contributed by atoms with Crippen LogP contribution in [-0.4, -0.2) is 32.1 Å². The standard InChI is InChI=1S/C15H20N4O3/c1-3-22-14(20)12-7-6-8-13(11-12)19-10-5-4-9-15(19,21-2)17-18-16/h6-8,11H,3-5,9-10H2,1-2H3. The lowest BCUT2D eigenvalue weighted by molar-refractivity contribution is -0.0258. The second kappa shape index (κ2) is 7.15. The highest BCUT2D eigenvalue weighted by atomic mass is 16.5. The van der Waals surface area contributed by atoms with Crippen molar-refractivity contribution in [2.45, 2.75) is 32.0 Å². The highest BCUT2D eigenvalue weighted by Crippen LogP contribution is 2.35. The molecule has 0 radical (unpaired) electrons. The second-order valence-corrected chi connectivity index (χ2v) is 5.02. The molecule has 0 N–H and O–H groups in total. The fourth-order valence-corrected chi connectivity index (χ4v) is 2.71. The van der Waals surface area contributed by atoms with E-state index in [0.717, 1.165) is 18.5 Å². The monoisotopic (exact) mass is 304 g/mol. The largest absolute Gasteiger partial charge is 0.462 e. The molecule has 0 bridgehead atoms. The molecule has 22 heavy (non-hydrogen) atoms. The van der Waals surface area contributed by atoms with Crippen LogP contribution in [0.5, 0.6) is 0 Å². The average Bonchev–Trinajstić information content (AvgIpc) is 2.56. The van der Waals surface area contributed by atoms with Crippen LogP contribution in [0.15, 0.2) is 29.4 Å². The van der Waals surface area contributed by atoms with Crippen LogP contribution in [0.1, 0.15) is 36.5 Å². The fourth-order valence-electron chi connectivity index (χ4n) is 2.71. The molecule has 1 heterocycles. The Morgan fingerprint density at radius 3 is 3.00 bits per heavy atom. The summed E-state index contributed by atoms with van der Waals surface area (Å²) in [6.07, 6.45) is 2.49. The maximum atomic E-state index is 11.9. The van der Waals surface area contributed by atoms with Crippen LogP contribution < -0.4 is 4.90 Å². The van der Waals surface area contributed by atoms with Crippen molar-refractivity contribution >= 4 is 11.7 Å². The quantitative estimate of drug-likeness (QED) is 0.360. The molecular formula is C15H20N4O3. The molecule has 0 spiro atoms. The number of anilines is 1. The SMILES string of the molecule is CCOC(=O)c1cccc(N2CCCCC2(N=[N+]=[N-])OC)c1. The first-order valence-corrected chi connectivity index (χ1v) is 7.33. The molecule has 118 valence electrons. The van der Waals surface area contributed by atoms with Gasteiger partial charge in [-0.2, -0.15) is 0 Å². The molecule has 1 unspecified atom stereocenters. The van der Waals surface area contributed by atoms with Gasteiger partial charge in [0.15, 0.2) is 0 Å². The molecule has 0 aliphatic carbocycles. The van der Waals surface area contributed by atoms with Crippen LogP contribution in [0, 0.1) is 0 Å². The van der Waals surface area contributed by atoms with Crippen molar-refractivity contribution < 1.29 is 14.3 Å². The Hall–Kier alpha value is -2.24. The van der Waals surface area contributed by atoms with Crippen molar-refractivity contribution in [2.75, 3.05) is 25.2 Å². The van der Waals surface area contributed by atoms with E-state index in [4.69, 9.17) is 15.0 Å². The van der Waals surface area contributed by atoms with Gasteiger partial charge < -0.3 is 14.4 Å². The van der Waals surface area contributed by atoms with Gasteiger partial charge >= 0.3 is 5.97 Å². The van der Waals surface area contributed by atoms with Crippen molar-refractivity contribution in [3.8, 4) is 0 Å². The summed E-state index contributed by atoms with van der Waals surface area (Å²) in [5, 5.41) is 3.87. The van der Waals surface area contributed by atoms with Crippen LogP contribution in [0.3, 0.4) is 0 Å². The third kappa shape index (κ3) is 3.16. The van der Waals surface area contributed by atoms with Gasteiger partial charge in [-0.1, -0.05) is 6.07 Å². The lowest BCUT2D eigenvalue weighted by Crippen LogP contribution is -2.52. The number of esters is 1. The average molecular weight is 304 g/mol. The minimum Gasteiger partial charge on any atom is -0.462 e. The van der Waals surface area contributed by atoms with E-state index in [1.54, 1.807) is 25.1 Å². The summed E-state index contributed by atoms with van der Waals surface area (Å²) < 4.78 is 10.5. The molecule has 1 fully saturated rings. The summed E-state index contributed by atoms with van der Waals surface area (Å²) in [5.74, 6) is -1.41. The zero-order valence-corrected chi connectivity index (χ0v) is 12.9. The van der Waals surface area contributed by atoms with Crippen LogP contribution >= 0.6 is 0 Å². The first kappa shape index (κ1) is 16.1. The Morgan fingerprint density at radius 1 is 1.50 bits per heavy atom. The van der Waals surface area contributed by atoms with Gasteiger partial charge in [0.25, 0.3) is 0 Å². The van der Waals surface area contributed by atoms with Crippen LogP contribution in [0.25, 0.3) is 10.4 Å². The third-order valence-corrected chi connectivity index (χ3v) is 3.75. The normalized spacial score (nSPS) is 21.1. The number of benzene rings is 1. The minimum atomic E-state index is -1.04. The molecule has 0 aromatic heterocycles. The number of hydrogen-bond acceptors (Lipinski definition) is 5. The number of hydrogen-bond donors (Lipinski definition) is 0. The molecule has 0 amide bonds. The van der Waals surface area contributed by atoms with Gasteiger partial charge in [0.05, 0.1) is 12.2 Å². The topological polar surface area (TPSA) is 87.5 Å². The van der Waals surface area contributed by atoms with Gasteiger partial charge in [0.2, 0.25) is 5.85 Å². The Bertz CT molecular complexity index is 586. The number of carbonyl (C=O) groups excluding carboxylic acids is 1. The first-order chi connectivity index (χ1) is 10.7. The number of azide groups is 1. The van der Waals surface area contributed by atoms with E-state index in [9.17, 15) is 4.79 Å². The number of piperidine rings is 1. The van der Waals surface area contributed by atoms with E-state index in [1.165, 1.54) is 7.11 Å². The highest BCUT2D eigenvalue weighted by Gasteiger charge is 2.38. The first-order valence-electron chi connectivity index (χ1n) is 7.33. The predicted molar refractivity (Wildman–Crippen MR) is 82.5 cm³/mol. The van der Waals surface area contributed by atoms with Crippen molar-refractivity contribution in [2.24, 2.45) is 5.11 Å². The zero-order valence-electron chi connectivity index (χ0n) is 12.9. The summed E-state index contributed by atoms with van der Waals surface area (Å²) in [4.78, 5) is 16.7. The van der Waals surface area contributed by atoms with E-state index in [1.807, 2.05) is 11.0 Å². The molecule has 0 saturated carbocycles. The molecule has 2 rings (SSSR count). The summed E-state index contributed by atoms with van der Waals surface area (Å²) in [5.41, 5.74) is 10.1. The number of nitrogens with zero attached hydrogens (tertiary/aromatic N) is 4. The number of rotatable bonds is 5. The van der Waals surface area contributed by atoms with E-state index in [0.29, 0.717) is 25.1 Å². The van der Waals surface area contributed by atoms with E-state index < -0.39 is 5.85 Å². The van der Waals surface area contributed by atoms with Crippen LogP contribution in [-0.2, 0) is 9.47 Å². The Labute approximate surface area is 129 Å². The van der Waals surface area contributed by atoms with Crippen molar-refractivity contribution in [1.29, 1.82) is 0 Å². The molecule has 1 saturated heterocycles. The van der Waals surface area contributed by atoms with Crippen molar-refractivity contribution in [1.82, 2.24) is 0 Å². The summed E-state index contributed by atoms with van der Waals surface area (Å²) in [7, 11) is 1.53. The highest BCUT2D eigenvalue weighted by molar-refractivity contribution is 5.90. The molecular weight excluding hydrogens is 284 g/mol. The molecule has 1 aromatic carbocycles. The minimum absolute atomic E-state index is 0.327. The molecule has 1 atom stereocenters. The molecule has 1 aliphatic rings. The van der Waals surface area contributed by atoms with Gasteiger partial charge in [-0.05, 0) is 48.6 Å². The maximum Gasteiger partial charge on any atom is 0.338 e. The fraction of sp³-hybridized carbons (Fsp3) is 0.533.